The summed E-state index contributed by atoms with van der Waals surface area (Å²) in [5.41, 5.74) is -4.71. The molecule has 2 unspecified atom stereocenters. The van der Waals surface area contributed by atoms with E-state index in [0.717, 1.165) is 6.92 Å². The molecule has 0 spiro atoms. The summed E-state index contributed by atoms with van der Waals surface area (Å²) in [7, 11) is 0. The van der Waals surface area contributed by atoms with Crippen molar-refractivity contribution < 1.29 is 39.9 Å². The van der Waals surface area contributed by atoms with Crippen LogP contribution in [0.5, 0.6) is 0 Å². The van der Waals surface area contributed by atoms with Crippen LogP contribution in [0.25, 0.3) is 0 Å². The summed E-state index contributed by atoms with van der Waals surface area (Å²) >= 11 is 0. The van der Waals surface area contributed by atoms with Crippen molar-refractivity contribution >= 4 is 0 Å². The van der Waals surface area contributed by atoms with Gasteiger partial charge in [0.15, 0.2) is 0 Å². The molecule has 0 aliphatic carbocycles. The second-order valence-corrected chi connectivity index (χ2v) is 4.31. The van der Waals surface area contributed by atoms with Crippen LogP contribution in [0.15, 0.2) is 0 Å². The molecule has 0 aromatic carbocycles. The smallest absolute Gasteiger partial charge is 0.274 e. The Morgan fingerprint density at radius 1 is 1.00 bits per heavy atom. The first-order valence-electron chi connectivity index (χ1n) is 4.94. The maximum Gasteiger partial charge on any atom is 0.398 e. The second kappa shape index (κ2) is 3.71. The van der Waals surface area contributed by atoms with Gasteiger partial charge in [0.05, 0.1) is 6.42 Å². The molecule has 0 aromatic rings. The van der Waals surface area contributed by atoms with Crippen LogP contribution in [-0.2, 0) is 4.74 Å². The minimum atomic E-state index is -5.40. The first kappa shape index (κ1) is 15.5. The maximum atomic E-state index is 13.6. The molecule has 0 bridgehead atoms. The van der Waals surface area contributed by atoms with E-state index >= 15 is 0 Å². The van der Waals surface area contributed by atoms with Crippen molar-refractivity contribution in [1.82, 2.24) is 0 Å². The lowest BCUT2D eigenvalue weighted by molar-refractivity contribution is -0.328. The van der Waals surface area contributed by atoms with E-state index < -0.39 is 42.3 Å². The molecular weight excluding hydrogens is 276 g/mol. The molecule has 108 valence electrons. The quantitative estimate of drug-likeness (QED) is 0.710. The molecule has 2 atom stereocenters. The Balaban J connectivity index is 3.19. The minimum absolute atomic E-state index is 0.293. The van der Waals surface area contributed by atoms with Gasteiger partial charge in [-0.2, -0.15) is 17.6 Å². The zero-order valence-corrected chi connectivity index (χ0v) is 9.35. The highest BCUT2D eigenvalue weighted by atomic mass is 19.3. The first-order chi connectivity index (χ1) is 7.72. The third-order valence-electron chi connectivity index (χ3n) is 2.90. The highest BCUT2D eigenvalue weighted by Gasteiger charge is 2.86. The molecule has 1 aliphatic heterocycles. The van der Waals surface area contributed by atoms with Crippen LogP contribution < -0.4 is 0 Å². The van der Waals surface area contributed by atoms with Crippen molar-refractivity contribution in [2.45, 2.75) is 56.2 Å². The van der Waals surface area contributed by atoms with Gasteiger partial charge in [0.1, 0.15) is 0 Å². The summed E-state index contributed by atoms with van der Waals surface area (Å²) in [6, 6.07) is 0. The summed E-state index contributed by atoms with van der Waals surface area (Å²) in [5.74, 6) is -14.2. The Kier molecular flexibility index (Phi) is 3.18. The molecular formula is C9H10F8O. The van der Waals surface area contributed by atoms with E-state index in [1.807, 2.05) is 0 Å². The van der Waals surface area contributed by atoms with Gasteiger partial charge in [-0.25, -0.2) is 17.6 Å². The van der Waals surface area contributed by atoms with Crippen molar-refractivity contribution in [3.63, 3.8) is 0 Å². The van der Waals surface area contributed by atoms with Gasteiger partial charge < -0.3 is 0 Å². The highest BCUT2D eigenvalue weighted by Crippen LogP contribution is 2.62. The Morgan fingerprint density at radius 3 is 1.72 bits per heavy atom. The summed E-state index contributed by atoms with van der Waals surface area (Å²) in [6.07, 6.45) is -8.62. The predicted molar refractivity (Wildman–Crippen MR) is 44.2 cm³/mol. The Bertz CT molecular complexity index is 339. The first-order valence-corrected chi connectivity index (χ1v) is 4.94. The minimum Gasteiger partial charge on any atom is -0.274 e. The standard InChI is InChI=1S/C9H10F8O/c1-3-6(11,12)4-7(13)8(14,15)5(2,10)9(16,17)18-7/h3-4H2,1-2H3. The van der Waals surface area contributed by atoms with Gasteiger partial charge in [-0.1, -0.05) is 6.92 Å². The van der Waals surface area contributed by atoms with E-state index in [1.165, 1.54) is 0 Å². The van der Waals surface area contributed by atoms with Gasteiger partial charge in [-0.05, 0) is 6.92 Å². The van der Waals surface area contributed by atoms with Crippen LogP contribution in [-0.4, -0.2) is 29.5 Å². The SMILES string of the molecule is CCC(F)(F)CC1(F)OC(F)(F)C(C)(F)C1(F)F. The molecule has 0 aromatic heterocycles. The monoisotopic (exact) mass is 286 g/mol. The van der Waals surface area contributed by atoms with Gasteiger partial charge in [0.25, 0.3) is 17.4 Å². The molecule has 1 heterocycles. The fourth-order valence-corrected chi connectivity index (χ4v) is 1.50. The molecule has 9 heteroatoms. The zero-order valence-electron chi connectivity index (χ0n) is 9.35. The summed E-state index contributed by atoms with van der Waals surface area (Å²) in [4.78, 5) is 0. The summed E-state index contributed by atoms with van der Waals surface area (Å²) in [5, 5.41) is 0. The number of rotatable bonds is 3. The van der Waals surface area contributed by atoms with Crippen LogP contribution in [0.2, 0.25) is 0 Å². The fraction of sp³-hybridized carbons (Fsp3) is 1.00. The molecule has 1 aliphatic rings. The maximum absolute atomic E-state index is 13.6. The summed E-state index contributed by atoms with van der Waals surface area (Å²) < 4.78 is 108. The third kappa shape index (κ3) is 1.86. The zero-order chi connectivity index (χ0) is 14.6. The topological polar surface area (TPSA) is 9.23 Å². The van der Waals surface area contributed by atoms with Crippen LogP contribution in [0.1, 0.15) is 26.7 Å². The molecule has 1 saturated heterocycles. The number of halogens is 8. The van der Waals surface area contributed by atoms with Gasteiger partial charge >= 0.3 is 12.0 Å². The fourth-order valence-electron chi connectivity index (χ4n) is 1.50. The Labute approximate surface area is 97.1 Å². The van der Waals surface area contributed by atoms with Gasteiger partial charge in [0.2, 0.25) is 0 Å². The second-order valence-electron chi connectivity index (χ2n) is 4.31. The van der Waals surface area contributed by atoms with E-state index in [-0.39, 0.29) is 6.92 Å². The lowest BCUT2D eigenvalue weighted by Crippen LogP contribution is -2.54. The van der Waals surface area contributed by atoms with Crippen LogP contribution in [0.4, 0.5) is 35.1 Å². The molecule has 0 amide bonds. The molecule has 1 nitrogen and oxygen atoms in total. The van der Waals surface area contributed by atoms with Crippen LogP contribution in [0.3, 0.4) is 0 Å². The van der Waals surface area contributed by atoms with Crippen molar-refractivity contribution in [2.75, 3.05) is 0 Å². The molecule has 0 radical (unpaired) electrons. The lowest BCUT2D eigenvalue weighted by Gasteiger charge is -2.30. The largest absolute Gasteiger partial charge is 0.398 e. The third-order valence-corrected chi connectivity index (χ3v) is 2.90. The van der Waals surface area contributed by atoms with E-state index in [2.05, 4.69) is 4.74 Å². The van der Waals surface area contributed by atoms with Crippen molar-refractivity contribution in [1.29, 1.82) is 0 Å². The van der Waals surface area contributed by atoms with Crippen LogP contribution >= 0.6 is 0 Å². The van der Waals surface area contributed by atoms with E-state index in [9.17, 15) is 35.1 Å². The lowest BCUT2D eigenvalue weighted by atomic mass is 9.92. The van der Waals surface area contributed by atoms with Gasteiger partial charge in [-0.15, -0.1) is 0 Å². The molecule has 1 rings (SSSR count). The predicted octanol–water partition coefficient (Wildman–Crippen LogP) is 4.07. The summed E-state index contributed by atoms with van der Waals surface area (Å²) in [6.45, 7) is 0.543. The number of ether oxygens (including phenoxy) is 1. The normalized spacial score (nSPS) is 39.0. The molecule has 0 saturated carbocycles. The van der Waals surface area contributed by atoms with Crippen molar-refractivity contribution in [3.05, 3.63) is 0 Å². The van der Waals surface area contributed by atoms with Crippen LogP contribution in [0, 0.1) is 0 Å². The highest BCUT2D eigenvalue weighted by molar-refractivity contribution is 5.12. The molecule has 18 heavy (non-hydrogen) atoms. The number of alkyl halides is 8. The number of hydrogen-bond acceptors (Lipinski definition) is 1. The van der Waals surface area contributed by atoms with E-state index in [0.29, 0.717) is 0 Å². The van der Waals surface area contributed by atoms with Crippen molar-refractivity contribution in [3.8, 4) is 0 Å². The molecule has 0 N–H and O–H groups in total. The van der Waals surface area contributed by atoms with Gasteiger partial charge in [0, 0.05) is 6.42 Å². The average molecular weight is 286 g/mol. The van der Waals surface area contributed by atoms with E-state index in [1.54, 1.807) is 0 Å². The Hall–Kier alpha value is -0.600. The van der Waals surface area contributed by atoms with E-state index in [4.69, 9.17) is 0 Å². The average Bonchev–Trinajstić information content (AvgIpc) is 2.22. The number of hydrogen-bond donors (Lipinski definition) is 0. The Morgan fingerprint density at radius 2 is 1.44 bits per heavy atom. The molecule has 1 fully saturated rings. The van der Waals surface area contributed by atoms with Crippen molar-refractivity contribution in [2.24, 2.45) is 0 Å². The van der Waals surface area contributed by atoms with Gasteiger partial charge in [-0.3, -0.25) is 4.74 Å².